The van der Waals surface area contributed by atoms with Crippen molar-refractivity contribution in [3.8, 4) is 0 Å². The molecular formula is C71H119NO3. The van der Waals surface area contributed by atoms with Gasteiger partial charge in [0.05, 0.1) is 18.8 Å². The zero-order chi connectivity index (χ0) is 54.1. The minimum absolute atomic E-state index is 0.0831. The van der Waals surface area contributed by atoms with Crippen LogP contribution in [0.15, 0.2) is 146 Å². The van der Waals surface area contributed by atoms with Crippen molar-refractivity contribution in [2.24, 2.45) is 0 Å². The molecular weight excluding hydrogens is 915 g/mol. The maximum absolute atomic E-state index is 12.5. The predicted molar refractivity (Wildman–Crippen MR) is 335 cm³/mol. The molecule has 0 aromatic rings. The molecule has 0 aromatic heterocycles. The van der Waals surface area contributed by atoms with Crippen molar-refractivity contribution < 1.29 is 15.0 Å². The lowest BCUT2D eigenvalue weighted by molar-refractivity contribution is -0.123. The summed E-state index contributed by atoms with van der Waals surface area (Å²) in [5.41, 5.74) is 0. The second-order valence-electron chi connectivity index (χ2n) is 20.7. The van der Waals surface area contributed by atoms with Crippen molar-refractivity contribution in [2.45, 2.75) is 289 Å². The van der Waals surface area contributed by atoms with E-state index in [1.807, 2.05) is 6.08 Å². The third-order valence-corrected chi connectivity index (χ3v) is 13.5. The highest BCUT2D eigenvalue weighted by Crippen LogP contribution is 2.15. The van der Waals surface area contributed by atoms with Crippen molar-refractivity contribution in [3.63, 3.8) is 0 Å². The van der Waals surface area contributed by atoms with Gasteiger partial charge in [-0.2, -0.15) is 0 Å². The molecule has 0 saturated carbocycles. The van der Waals surface area contributed by atoms with E-state index in [2.05, 4.69) is 153 Å². The van der Waals surface area contributed by atoms with Gasteiger partial charge in [0, 0.05) is 6.42 Å². The Labute approximate surface area is 465 Å². The number of aliphatic hydroxyl groups excluding tert-OH is 2. The van der Waals surface area contributed by atoms with Crippen molar-refractivity contribution in [2.75, 3.05) is 6.61 Å². The number of unbranched alkanes of at least 4 members (excludes halogenated alkanes) is 27. The first-order chi connectivity index (χ1) is 37.2. The number of aliphatic hydroxyl groups is 2. The first kappa shape index (κ1) is 71.3. The summed E-state index contributed by atoms with van der Waals surface area (Å²) in [6.45, 7) is 4.18. The quantitative estimate of drug-likeness (QED) is 0.0420. The summed E-state index contributed by atoms with van der Waals surface area (Å²) >= 11 is 0. The molecule has 0 aliphatic heterocycles. The predicted octanol–water partition coefficient (Wildman–Crippen LogP) is 21.5. The fourth-order valence-electron chi connectivity index (χ4n) is 8.79. The topological polar surface area (TPSA) is 69.6 Å². The number of amides is 1. The summed E-state index contributed by atoms with van der Waals surface area (Å²) in [4.78, 5) is 12.5. The molecule has 0 bridgehead atoms. The fourth-order valence-corrected chi connectivity index (χ4v) is 8.79. The molecule has 0 saturated heterocycles. The van der Waals surface area contributed by atoms with Crippen LogP contribution < -0.4 is 5.32 Å². The first-order valence-electron chi connectivity index (χ1n) is 31.5. The number of hydrogen-bond donors (Lipinski definition) is 3. The lowest BCUT2D eigenvalue weighted by Crippen LogP contribution is -2.45. The van der Waals surface area contributed by atoms with Gasteiger partial charge in [0.1, 0.15) is 0 Å². The van der Waals surface area contributed by atoms with Gasteiger partial charge in [-0.05, 0) is 116 Å². The van der Waals surface area contributed by atoms with Gasteiger partial charge < -0.3 is 15.5 Å². The average molecular weight is 1030 g/mol. The van der Waals surface area contributed by atoms with Gasteiger partial charge in [0.25, 0.3) is 0 Å². The molecule has 0 fully saturated rings. The van der Waals surface area contributed by atoms with E-state index in [9.17, 15) is 15.0 Å². The van der Waals surface area contributed by atoms with Crippen molar-refractivity contribution in [1.82, 2.24) is 5.32 Å². The maximum atomic E-state index is 12.5. The Bertz CT molecular complexity index is 1550. The Morgan fingerprint density at radius 3 is 0.933 bits per heavy atom. The molecule has 75 heavy (non-hydrogen) atoms. The van der Waals surface area contributed by atoms with E-state index in [-0.39, 0.29) is 12.5 Å². The summed E-state index contributed by atoms with van der Waals surface area (Å²) in [5.74, 6) is -0.0831. The lowest BCUT2D eigenvalue weighted by atomic mass is 10.0. The molecule has 4 nitrogen and oxygen atoms in total. The maximum Gasteiger partial charge on any atom is 0.220 e. The Hall–Kier alpha value is -3.73. The second kappa shape index (κ2) is 64.6. The van der Waals surface area contributed by atoms with Crippen LogP contribution >= 0.6 is 0 Å². The van der Waals surface area contributed by atoms with E-state index in [1.54, 1.807) is 6.08 Å². The van der Waals surface area contributed by atoms with Crippen LogP contribution in [0.25, 0.3) is 0 Å². The highest BCUT2D eigenvalue weighted by atomic mass is 16.3. The van der Waals surface area contributed by atoms with Gasteiger partial charge in [-0.15, -0.1) is 0 Å². The molecule has 0 aliphatic rings. The van der Waals surface area contributed by atoms with Crippen LogP contribution in [-0.2, 0) is 4.79 Å². The van der Waals surface area contributed by atoms with Crippen LogP contribution in [-0.4, -0.2) is 34.9 Å². The third kappa shape index (κ3) is 61.0. The van der Waals surface area contributed by atoms with Crippen LogP contribution in [0.1, 0.15) is 277 Å². The zero-order valence-corrected chi connectivity index (χ0v) is 49.0. The van der Waals surface area contributed by atoms with Gasteiger partial charge in [-0.25, -0.2) is 0 Å². The molecule has 0 spiro atoms. The minimum Gasteiger partial charge on any atom is -0.394 e. The number of carbonyl (C=O) groups is 1. The largest absolute Gasteiger partial charge is 0.394 e. The Balaban J connectivity index is 3.60. The Kier molecular flexibility index (Phi) is 61.3. The monoisotopic (exact) mass is 1030 g/mol. The summed E-state index contributed by atoms with van der Waals surface area (Å²) in [7, 11) is 0. The van der Waals surface area contributed by atoms with Gasteiger partial charge in [-0.3, -0.25) is 4.79 Å². The Morgan fingerprint density at radius 2 is 0.600 bits per heavy atom. The smallest absolute Gasteiger partial charge is 0.220 e. The summed E-state index contributed by atoms with van der Waals surface area (Å²) < 4.78 is 0. The lowest BCUT2D eigenvalue weighted by Gasteiger charge is -2.19. The van der Waals surface area contributed by atoms with E-state index in [4.69, 9.17) is 0 Å². The highest BCUT2D eigenvalue weighted by molar-refractivity contribution is 5.76. The summed E-state index contributed by atoms with van der Waals surface area (Å²) in [6.07, 6.45) is 102. The van der Waals surface area contributed by atoms with Crippen LogP contribution in [0.2, 0.25) is 0 Å². The third-order valence-electron chi connectivity index (χ3n) is 13.5. The molecule has 2 unspecified atom stereocenters. The van der Waals surface area contributed by atoms with Crippen molar-refractivity contribution in [3.05, 3.63) is 146 Å². The van der Waals surface area contributed by atoms with E-state index in [0.29, 0.717) is 6.42 Å². The molecule has 4 heteroatoms. The molecule has 0 aromatic carbocycles. The first-order valence-corrected chi connectivity index (χ1v) is 31.5. The van der Waals surface area contributed by atoms with Crippen LogP contribution in [0.5, 0.6) is 0 Å². The van der Waals surface area contributed by atoms with Crippen molar-refractivity contribution in [1.29, 1.82) is 0 Å². The molecule has 2 atom stereocenters. The highest BCUT2D eigenvalue weighted by Gasteiger charge is 2.18. The van der Waals surface area contributed by atoms with Crippen LogP contribution in [0, 0.1) is 0 Å². The molecule has 0 heterocycles. The molecule has 0 aliphatic carbocycles. The SMILES string of the molecule is CC/C=C\C/C=C\C/C=C\C/C=C\C/C=C\C/C=C\C/C=C\C/C=C\C/C=C\CCCCCCCCCCCCCCCC(=O)NC(CO)C(O)/C=C/CC/C=C/CC/C=C/CCCCCCCCCCCCCC. The van der Waals surface area contributed by atoms with Gasteiger partial charge in [-0.1, -0.05) is 301 Å². The fraction of sp³-hybridized carbons (Fsp3) is 0.648. The van der Waals surface area contributed by atoms with Gasteiger partial charge in [0.15, 0.2) is 0 Å². The molecule has 426 valence electrons. The molecule has 0 rings (SSSR count). The number of rotatable bonds is 56. The van der Waals surface area contributed by atoms with E-state index in [1.165, 1.54) is 161 Å². The van der Waals surface area contributed by atoms with Crippen molar-refractivity contribution >= 4 is 5.91 Å². The van der Waals surface area contributed by atoms with Gasteiger partial charge >= 0.3 is 0 Å². The summed E-state index contributed by atoms with van der Waals surface area (Å²) in [5, 5.41) is 23.2. The summed E-state index contributed by atoms with van der Waals surface area (Å²) in [6, 6.07) is -0.656. The standard InChI is InChI=1S/C71H119NO3/c1-3-5-7-9-11-13-15-17-19-21-23-25-27-28-29-30-31-32-33-34-35-36-37-38-39-40-41-42-43-44-45-47-49-51-53-55-57-59-61-63-65-67-71(75)72-69(68-73)70(74)66-64-62-60-58-56-54-52-50-48-46-26-24-22-20-18-16-14-12-10-8-6-4-2/h5,7,11,13,17,19,23,25,28-29,31-32,34-35,37-38,40-41,48,50,56,58,64,66,69-70,73-74H,3-4,6,8-10,12,14-16,18,20-22,24,26-27,30,33,36,39,42-47,49,51-55,57,59-63,65,67-68H2,1-2H3,(H,72,75)/b7-5-,13-11-,19-17-,25-23-,29-28-,32-31-,35-34-,38-37-,41-40-,50-48+,58-56+,66-64+. The van der Waals surface area contributed by atoms with E-state index >= 15 is 0 Å². The minimum atomic E-state index is -0.880. The van der Waals surface area contributed by atoms with Gasteiger partial charge in [0.2, 0.25) is 5.91 Å². The van der Waals surface area contributed by atoms with E-state index in [0.717, 1.165) is 96.3 Å². The second-order valence-corrected chi connectivity index (χ2v) is 20.7. The number of carbonyl (C=O) groups excluding carboxylic acids is 1. The zero-order valence-electron chi connectivity index (χ0n) is 49.0. The number of hydrogen-bond acceptors (Lipinski definition) is 3. The Morgan fingerprint density at radius 1 is 0.333 bits per heavy atom. The average Bonchev–Trinajstić information content (AvgIpc) is 3.41. The molecule has 3 N–H and O–H groups in total. The normalized spacial score (nSPS) is 13.8. The number of nitrogens with one attached hydrogen (secondary N) is 1. The molecule has 1 amide bonds. The number of allylic oxidation sites excluding steroid dienone is 23. The van der Waals surface area contributed by atoms with Crippen LogP contribution in [0.4, 0.5) is 0 Å². The van der Waals surface area contributed by atoms with E-state index < -0.39 is 12.1 Å². The molecule has 0 radical (unpaired) electrons. The van der Waals surface area contributed by atoms with Crippen LogP contribution in [0.3, 0.4) is 0 Å².